The van der Waals surface area contributed by atoms with Gasteiger partial charge < -0.3 is 9.47 Å². The van der Waals surface area contributed by atoms with Crippen LogP contribution in [0, 0.1) is 0 Å². The van der Waals surface area contributed by atoms with Crippen LogP contribution in [0.25, 0.3) is 0 Å². The number of carbonyl (C=O) groups is 1. The number of aldehydes is 1. The van der Waals surface area contributed by atoms with E-state index < -0.39 is 0 Å². The van der Waals surface area contributed by atoms with Crippen LogP contribution in [0.2, 0.25) is 5.02 Å². The Kier molecular flexibility index (Phi) is 4.45. The summed E-state index contributed by atoms with van der Waals surface area (Å²) in [5, 5.41) is 0.505. The van der Waals surface area contributed by atoms with E-state index in [1.807, 2.05) is 0 Å². The fourth-order valence-electron chi connectivity index (χ4n) is 1.50. The van der Waals surface area contributed by atoms with E-state index in [2.05, 4.69) is 15.9 Å². The van der Waals surface area contributed by atoms with Crippen LogP contribution in [-0.4, -0.2) is 13.4 Å². The van der Waals surface area contributed by atoms with E-state index in [1.54, 1.807) is 43.5 Å². The van der Waals surface area contributed by atoms with E-state index in [0.717, 1.165) is 10.8 Å². The van der Waals surface area contributed by atoms with E-state index in [1.165, 1.54) is 0 Å². The second-order valence-corrected chi connectivity index (χ2v) is 4.99. The molecule has 0 aliphatic carbocycles. The van der Waals surface area contributed by atoms with Crippen molar-refractivity contribution in [2.45, 2.75) is 0 Å². The minimum Gasteiger partial charge on any atom is -0.497 e. The van der Waals surface area contributed by atoms with E-state index in [4.69, 9.17) is 21.1 Å². The highest BCUT2D eigenvalue weighted by Gasteiger charge is 2.09. The predicted octanol–water partition coefficient (Wildman–Crippen LogP) is 4.72. The Balaban J connectivity index is 2.35. The number of rotatable bonds is 4. The largest absolute Gasteiger partial charge is 0.497 e. The Labute approximate surface area is 124 Å². The highest BCUT2D eigenvalue weighted by molar-refractivity contribution is 9.10. The maximum atomic E-state index is 11.0. The molecular formula is C14H10BrClO3. The maximum Gasteiger partial charge on any atom is 0.153 e. The molecule has 0 amide bonds. The SMILES string of the molecule is COc1ccc(Oc2cc(Cl)ccc2C=O)c(Br)c1. The average Bonchev–Trinajstić information content (AvgIpc) is 2.41. The first-order valence-corrected chi connectivity index (χ1v) is 6.57. The third kappa shape index (κ3) is 3.28. The van der Waals surface area contributed by atoms with Gasteiger partial charge in [-0.05, 0) is 46.3 Å². The van der Waals surface area contributed by atoms with Crippen molar-refractivity contribution in [3.63, 3.8) is 0 Å². The Morgan fingerprint density at radius 1 is 1.16 bits per heavy atom. The number of hydrogen-bond donors (Lipinski definition) is 0. The molecule has 0 bridgehead atoms. The van der Waals surface area contributed by atoms with Crippen LogP contribution in [0.3, 0.4) is 0 Å². The lowest BCUT2D eigenvalue weighted by atomic mass is 10.2. The van der Waals surface area contributed by atoms with Crippen LogP contribution < -0.4 is 9.47 Å². The molecule has 0 aliphatic rings. The Morgan fingerprint density at radius 2 is 1.95 bits per heavy atom. The molecule has 2 aromatic carbocycles. The number of benzene rings is 2. The highest BCUT2D eigenvalue weighted by atomic mass is 79.9. The van der Waals surface area contributed by atoms with Crippen LogP contribution in [0.15, 0.2) is 40.9 Å². The molecular weight excluding hydrogens is 332 g/mol. The highest BCUT2D eigenvalue weighted by Crippen LogP contribution is 2.34. The van der Waals surface area contributed by atoms with Crippen molar-refractivity contribution in [1.29, 1.82) is 0 Å². The second kappa shape index (κ2) is 6.08. The molecule has 0 N–H and O–H groups in total. The van der Waals surface area contributed by atoms with Gasteiger partial charge in [-0.1, -0.05) is 11.6 Å². The third-order valence-electron chi connectivity index (χ3n) is 2.46. The molecule has 3 nitrogen and oxygen atoms in total. The first kappa shape index (κ1) is 13.9. The zero-order valence-electron chi connectivity index (χ0n) is 10.0. The van der Waals surface area contributed by atoms with Gasteiger partial charge in [0, 0.05) is 11.1 Å². The van der Waals surface area contributed by atoms with Gasteiger partial charge in [0.05, 0.1) is 17.1 Å². The molecule has 0 unspecified atom stereocenters. The summed E-state index contributed by atoms with van der Waals surface area (Å²) < 4.78 is 11.5. The zero-order valence-corrected chi connectivity index (χ0v) is 12.4. The fourth-order valence-corrected chi connectivity index (χ4v) is 2.10. The summed E-state index contributed by atoms with van der Waals surface area (Å²) in [4.78, 5) is 11.0. The standard InChI is InChI=1S/C14H10BrClO3/c1-18-11-4-5-13(12(15)7-11)19-14-6-10(16)3-2-9(14)8-17/h2-8H,1H3. The Morgan fingerprint density at radius 3 is 2.58 bits per heavy atom. The normalized spacial score (nSPS) is 10.1. The van der Waals surface area contributed by atoms with Gasteiger partial charge in [0.25, 0.3) is 0 Å². The first-order valence-electron chi connectivity index (χ1n) is 5.40. The van der Waals surface area contributed by atoms with Crippen molar-refractivity contribution < 1.29 is 14.3 Å². The lowest BCUT2D eigenvalue weighted by molar-refractivity contribution is 0.112. The van der Waals surface area contributed by atoms with Crippen LogP contribution in [0.1, 0.15) is 10.4 Å². The van der Waals surface area contributed by atoms with E-state index in [9.17, 15) is 4.79 Å². The number of methoxy groups -OCH3 is 1. The Hall–Kier alpha value is -1.52. The summed E-state index contributed by atoms with van der Waals surface area (Å²) in [7, 11) is 1.59. The molecule has 0 radical (unpaired) electrons. The lowest BCUT2D eigenvalue weighted by Crippen LogP contribution is -1.92. The molecule has 98 valence electrons. The monoisotopic (exact) mass is 340 g/mol. The van der Waals surface area contributed by atoms with Gasteiger partial charge in [-0.15, -0.1) is 0 Å². The molecule has 2 rings (SSSR count). The number of hydrogen-bond acceptors (Lipinski definition) is 3. The predicted molar refractivity (Wildman–Crippen MR) is 77.6 cm³/mol. The van der Waals surface area contributed by atoms with Gasteiger partial charge in [0.2, 0.25) is 0 Å². The molecule has 0 saturated carbocycles. The molecule has 0 atom stereocenters. The number of ether oxygens (including phenoxy) is 2. The molecule has 0 fully saturated rings. The van der Waals surface area contributed by atoms with Crippen molar-refractivity contribution >= 4 is 33.8 Å². The van der Waals surface area contributed by atoms with E-state index >= 15 is 0 Å². The fraction of sp³-hybridized carbons (Fsp3) is 0.0714. The quantitative estimate of drug-likeness (QED) is 0.755. The van der Waals surface area contributed by atoms with Crippen molar-refractivity contribution in [2.75, 3.05) is 7.11 Å². The van der Waals surface area contributed by atoms with E-state index in [-0.39, 0.29) is 0 Å². The third-order valence-corrected chi connectivity index (χ3v) is 3.32. The molecule has 2 aromatic rings. The van der Waals surface area contributed by atoms with Gasteiger partial charge >= 0.3 is 0 Å². The summed E-state index contributed by atoms with van der Waals surface area (Å²) in [5.74, 6) is 1.69. The van der Waals surface area contributed by atoms with Crippen molar-refractivity contribution in [3.8, 4) is 17.2 Å². The van der Waals surface area contributed by atoms with Gasteiger partial charge in [0.1, 0.15) is 17.2 Å². The van der Waals surface area contributed by atoms with Crippen LogP contribution >= 0.6 is 27.5 Å². The summed E-state index contributed by atoms with van der Waals surface area (Å²) >= 11 is 9.28. The smallest absolute Gasteiger partial charge is 0.153 e. The molecule has 0 aliphatic heterocycles. The van der Waals surface area contributed by atoms with Gasteiger partial charge in [-0.3, -0.25) is 4.79 Å². The molecule has 0 heterocycles. The van der Waals surface area contributed by atoms with Gasteiger partial charge in [-0.2, -0.15) is 0 Å². The minimum atomic E-state index is 0.411. The second-order valence-electron chi connectivity index (χ2n) is 3.70. The van der Waals surface area contributed by atoms with E-state index in [0.29, 0.717) is 27.8 Å². The zero-order chi connectivity index (χ0) is 13.8. The molecule has 0 aromatic heterocycles. The number of carbonyl (C=O) groups excluding carboxylic acids is 1. The number of halogens is 2. The Bertz CT molecular complexity index is 614. The maximum absolute atomic E-state index is 11.0. The van der Waals surface area contributed by atoms with Crippen LogP contribution in [0.5, 0.6) is 17.2 Å². The van der Waals surface area contributed by atoms with Crippen molar-refractivity contribution in [1.82, 2.24) is 0 Å². The molecule has 0 spiro atoms. The summed E-state index contributed by atoms with van der Waals surface area (Å²) in [6, 6.07) is 10.1. The van der Waals surface area contributed by atoms with Crippen molar-refractivity contribution in [2.24, 2.45) is 0 Å². The molecule has 19 heavy (non-hydrogen) atoms. The summed E-state index contributed by atoms with van der Waals surface area (Å²) in [5.41, 5.74) is 0.437. The first-order chi connectivity index (χ1) is 9.13. The topological polar surface area (TPSA) is 35.5 Å². The van der Waals surface area contributed by atoms with Gasteiger partial charge in [0.15, 0.2) is 6.29 Å². The summed E-state index contributed by atoms with van der Waals surface area (Å²) in [6.45, 7) is 0. The minimum absolute atomic E-state index is 0.411. The van der Waals surface area contributed by atoms with Crippen molar-refractivity contribution in [3.05, 3.63) is 51.5 Å². The average molecular weight is 342 g/mol. The molecule has 0 saturated heterocycles. The lowest BCUT2D eigenvalue weighted by Gasteiger charge is -2.11. The van der Waals surface area contributed by atoms with Gasteiger partial charge in [-0.25, -0.2) is 0 Å². The molecule has 5 heteroatoms. The van der Waals surface area contributed by atoms with Crippen LogP contribution in [0.4, 0.5) is 0 Å². The summed E-state index contributed by atoms with van der Waals surface area (Å²) in [6.07, 6.45) is 0.725. The van der Waals surface area contributed by atoms with Crippen LogP contribution in [-0.2, 0) is 0 Å².